The maximum absolute atomic E-state index is 12.9. The SMILES string of the molecule is Cc1ccc(-c2ncc(C3CC3)cn2)cc1NC(=O)c1cnc(-c2ccc3c(c2)CC(=O)N3)o1. The molecule has 2 amide bonds. The lowest BCUT2D eigenvalue weighted by Crippen LogP contribution is -2.12. The minimum atomic E-state index is -0.401. The van der Waals surface area contributed by atoms with Crippen LogP contribution in [0.3, 0.4) is 0 Å². The van der Waals surface area contributed by atoms with Crippen LogP contribution in [0.2, 0.25) is 0 Å². The van der Waals surface area contributed by atoms with Crippen molar-refractivity contribution in [2.24, 2.45) is 0 Å². The molecule has 2 aromatic heterocycles. The number of benzene rings is 2. The summed E-state index contributed by atoms with van der Waals surface area (Å²) in [4.78, 5) is 37.7. The molecule has 2 N–H and O–H groups in total. The molecule has 0 radical (unpaired) electrons. The number of rotatable bonds is 5. The largest absolute Gasteiger partial charge is 0.431 e. The van der Waals surface area contributed by atoms with Gasteiger partial charge < -0.3 is 15.1 Å². The van der Waals surface area contributed by atoms with Gasteiger partial charge in [0, 0.05) is 34.9 Å². The monoisotopic (exact) mass is 451 g/mol. The van der Waals surface area contributed by atoms with Crippen molar-refractivity contribution in [1.29, 1.82) is 0 Å². The fourth-order valence-electron chi connectivity index (χ4n) is 4.07. The van der Waals surface area contributed by atoms with Crippen LogP contribution in [0.5, 0.6) is 0 Å². The second kappa shape index (κ2) is 7.91. The van der Waals surface area contributed by atoms with Gasteiger partial charge in [-0.1, -0.05) is 12.1 Å². The topological polar surface area (TPSA) is 110 Å². The average molecular weight is 451 g/mol. The molecule has 168 valence electrons. The maximum atomic E-state index is 12.9. The van der Waals surface area contributed by atoms with Gasteiger partial charge in [0.05, 0.1) is 12.6 Å². The Hall–Kier alpha value is -4.33. The molecule has 0 atom stereocenters. The number of hydrogen-bond donors (Lipinski definition) is 2. The molecule has 0 unspecified atom stereocenters. The Morgan fingerprint density at radius 3 is 2.62 bits per heavy atom. The van der Waals surface area contributed by atoms with Crippen molar-refractivity contribution >= 4 is 23.2 Å². The molecule has 3 heterocycles. The van der Waals surface area contributed by atoms with Gasteiger partial charge in [-0.25, -0.2) is 15.0 Å². The molecule has 8 heteroatoms. The standard InChI is InChI=1S/C26H21N5O3/c1-14-2-3-16(24-27-11-19(12-28-24)15-4-5-15)9-21(14)31-25(33)22-13-29-26(34-22)17-6-7-20-18(8-17)10-23(32)30-20/h2-3,6-9,11-13,15H,4-5,10H2,1H3,(H,30,32)(H,31,33). The van der Waals surface area contributed by atoms with E-state index in [9.17, 15) is 9.59 Å². The molecule has 8 nitrogen and oxygen atoms in total. The first-order chi connectivity index (χ1) is 16.5. The van der Waals surface area contributed by atoms with E-state index in [1.54, 1.807) is 6.07 Å². The first-order valence-electron chi connectivity index (χ1n) is 11.2. The number of oxazole rings is 1. The lowest BCUT2D eigenvalue weighted by molar-refractivity contribution is -0.115. The highest BCUT2D eigenvalue weighted by atomic mass is 16.4. The lowest BCUT2D eigenvalue weighted by Gasteiger charge is -2.09. The van der Waals surface area contributed by atoms with Crippen LogP contribution >= 0.6 is 0 Å². The summed E-state index contributed by atoms with van der Waals surface area (Å²) in [5.41, 5.74) is 5.93. The Labute approximate surface area is 195 Å². The van der Waals surface area contributed by atoms with Crippen LogP contribution in [-0.4, -0.2) is 26.8 Å². The fraction of sp³-hybridized carbons (Fsp3) is 0.192. The number of carbonyl (C=O) groups excluding carboxylic acids is 2. The highest BCUT2D eigenvalue weighted by Crippen LogP contribution is 2.39. The normalized spacial score (nSPS) is 14.6. The van der Waals surface area contributed by atoms with E-state index in [0.29, 0.717) is 35.3 Å². The molecular formula is C26H21N5O3. The summed E-state index contributed by atoms with van der Waals surface area (Å²) in [5, 5.41) is 5.70. The first kappa shape index (κ1) is 20.3. The molecule has 1 fully saturated rings. The number of anilines is 2. The number of fused-ring (bicyclic) bond motifs is 1. The fourth-order valence-corrected chi connectivity index (χ4v) is 4.07. The Morgan fingerprint density at radius 1 is 1.03 bits per heavy atom. The lowest BCUT2D eigenvalue weighted by atomic mass is 10.1. The maximum Gasteiger partial charge on any atom is 0.293 e. The number of aromatic nitrogens is 3. The van der Waals surface area contributed by atoms with Crippen LogP contribution in [0.15, 0.2) is 59.4 Å². The van der Waals surface area contributed by atoms with Gasteiger partial charge in [0.25, 0.3) is 5.91 Å². The Morgan fingerprint density at radius 2 is 1.82 bits per heavy atom. The number of nitrogens with zero attached hydrogens (tertiary/aromatic N) is 3. The van der Waals surface area contributed by atoms with E-state index >= 15 is 0 Å². The van der Waals surface area contributed by atoms with Gasteiger partial charge in [0.15, 0.2) is 5.82 Å². The van der Waals surface area contributed by atoms with Gasteiger partial charge in [-0.15, -0.1) is 0 Å². The van der Waals surface area contributed by atoms with Crippen LogP contribution in [0.25, 0.3) is 22.8 Å². The van der Waals surface area contributed by atoms with E-state index in [-0.39, 0.29) is 11.7 Å². The molecule has 4 aromatic rings. The minimum absolute atomic E-state index is 0.0403. The molecule has 0 saturated heterocycles. The predicted octanol–water partition coefficient (Wildman–Crippen LogP) is 4.73. The van der Waals surface area contributed by atoms with Crippen LogP contribution in [0.1, 0.15) is 46.0 Å². The summed E-state index contributed by atoms with van der Waals surface area (Å²) in [5.74, 6) is 1.20. The molecule has 2 aliphatic rings. The summed E-state index contributed by atoms with van der Waals surface area (Å²) < 4.78 is 5.73. The predicted molar refractivity (Wildman–Crippen MR) is 126 cm³/mol. The Kier molecular flexibility index (Phi) is 4.72. The number of hydrogen-bond acceptors (Lipinski definition) is 6. The zero-order chi connectivity index (χ0) is 23.2. The number of carbonyl (C=O) groups is 2. The second-order valence-corrected chi connectivity index (χ2v) is 8.72. The van der Waals surface area contributed by atoms with Gasteiger partial charge in [0.2, 0.25) is 17.6 Å². The summed E-state index contributed by atoms with van der Waals surface area (Å²) >= 11 is 0. The van der Waals surface area contributed by atoms with Crippen molar-refractivity contribution in [3.63, 3.8) is 0 Å². The van der Waals surface area contributed by atoms with Gasteiger partial charge in [-0.05, 0) is 66.6 Å². The zero-order valence-electron chi connectivity index (χ0n) is 18.5. The van der Waals surface area contributed by atoms with Crippen LogP contribution in [0.4, 0.5) is 11.4 Å². The van der Waals surface area contributed by atoms with Gasteiger partial charge in [-0.3, -0.25) is 9.59 Å². The van der Waals surface area contributed by atoms with Gasteiger partial charge in [-0.2, -0.15) is 0 Å². The molecule has 6 rings (SSSR count). The van der Waals surface area contributed by atoms with E-state index in [4.69, 9.17) is 4.42 Å². The summed E-state index contributed by atoms with van der Waals surface area (Å²) in [7, 11) is 0. The molecule has 1 aliphatic heterocycles. The third-order valence-corrected chi connectivity index (χ3v) is 6.17. The number of amides is 2. The van der Waals surface area contributed by atoms with E-state index in [2.05, 4.69) is 25.6 Å². The number of nitrogens with one attached hydrogen (secondary N) is 2. The van der Waals surface area contributed by atoms with Gasteiger partial charge >= 0.3 is 0 Å². The smallest absolute Gasteiger partial charge is 0.293 e. The van der Waals surface area contributed by atoms with E-state index < -0.39 is 5.91 Å². The molecule has 34 heavy (non-hydrogen) atoms. The molecule has 0 bridgehead atoms. The minimum Gasteiger partial charge on any atom is -0.431 e. The van der Waals surface area contributed by atoms with Crippen molar-refractivity contribution in [2.75, 3.05) is 10.6 Å². The van der Waals surface area contributed by atoms with Crippen molar-refractivity contribution in [1.82, 2.24) is 15.0 Å². The molecule has 0 spiro atoms. The summed E-state index contributed by atoms with van der Waals surface area (Å²) in [6.45, 7) is 1.92. The average Bonchev–Trinajstić information content (AvgIpc) is 3.44. The van der Waals surface area contributed by atoms with Crippen LogP contribution in [0, 0.1) is 6.92 Å². The second-order valence-electron chi connectivity index (χ2n) is 8.72. The third kappa shape index (κ3) is 3.83. The molecule has 1 aliphatic carbocycles. The molecule has 1 saturated carbocycles. The van der Waals surface area contributed by atoms with Crippen molar-refractivity contribution in [2.45, 2.75) is 32.1 Å². The quantitative estimate of drug-likeness (QED) is 0.454. The van der Waals surface area contributed by atoms with Crippen LogP contribution in [-0.2, 0) is 11.2 Å². The van der Waals surface area contributed by atoms with E-state index in [1.807, 2.05) is 49.6 Å². The van der Waals surface area contributed by atoms with Crippen molar-refractivity contribution in [3.05, 3.63) is 77.4 Å². The summed E-state index contributed by atoms with van der Waals surface area (Å²) in [6.07, 6.45) is 7.91. The van der Waals surface area contributed by atoms with Crippen LogP contribution < -0.4 is 10.6 Å². The first-order valence-corrected chi connectivity index (χ1v) is 11.2. The highest BCUT2D eigenvalue weighted by Gasteiger charge is 2.24. The van der Waals surface area contributed by atoms with E-state index in [0.717, 1.165) is 22.4 Å². The third-order valence-electron chi connectivity index (χ3n) is 6.17. The van der Waals surface area contributed by atoms with E-state index in [1.165, 1.54) is 24.6 Å². The molecule has 2 aromatic carbocycles. The summed E-state index contributed by atoms with van der Waals surface area (Å²) in [6, 6.07) is 11.2. The van der Waals surface area contributed by atoms with Crippen molar-refractivity contribution in [3.8, 4) is 22.8 Å². The Balaban J connectivity index is 1.21. The molecular weight excluding hydrogens is 430 g/mol. The highest BCUT2D eigenvalue weighted by molar-refractivity contribution is 6.03. The Bertz CT molecular complexity index is 1440. The van der Waals surface area contributed by atoms with Gasteiger partial charge in [0.1, 0.15) is 0 Å². The number of aryl methyl sites for hydroxylation is 1. The zero-order valence-corrected chi connectivity index (χ0v) is 18.5. The van der Waals surface area contributed by atoms with Crippen molar-refractivity contribution < 1.29 is 14.0 Å².